The highest BCUT2D eigenvalue weighted by molar-refractivity contribution is 6.10. The summed E-state index contributed by atoms with van der Waals surface area (Å²) in [6.45, 7) is 0. The van der Waals surface area contributed by atoms with Crippen molar-refractivity contribution in [2.45, 2.75) is 12.0 Å². The fraction of sp³-hybridized carbons (Fsp3) is 0.0377. The summed E-state index contributed by atoms with van der Waals surface area (Å²) in [6.07, 6.45) is 7.19. The van der Waals surface area contributed by atoms with Crippen LogP contribution in [0.4, 0.5) is 11.5 Å². The number of allylic oxidation sites excluding steroid dienone is 2. The molecule has 3 nitrogen and oxygen atoms in total. The highest BCUT2D eigenvalue weighted by Crippen LogP contribution is 2.49. The summed E-state index contributed by atoms with van der Waals surface area (Å²) < 4.78 is 2.42. The van der Waals surface area contributed by atoms with E-state index >= 15 is 0 Å². The van der Waals surface area contributed by atoms with Gasteiger partial charge in [-0.2, -0.15) is 0 Å². The Labute approximate surface area is 326 Å². The molecule has 0 radical (unpaired) electrons. The molecule has 2 aliphatic rings. The zero-order valence-corrected chi connectivity index (χ0v) is 30.7. The van der Waals surface area contributed by atoms with Gasteiger partial charge in [0.2, 0.25) is 0 Å². The number of aromatic nitrogens is 2. The number of fused-ring (bicyclic) bond motifs is 6. The smallest absolute Gasteiger partial charge is 0.134 e. The van der Waals surface area contributed by atoms with Crippen LogP contribution in [-0.2, 0) is 0 Å². The van der Waals surface area contributed by atoms with Crippen molar-refractivity contribution in [2.24, 2.45) is 0 Å². The van der Waals surface area contributed by atoms with Crippen LogP contribution in [0.1, 0.15) is 17.0 Å². The van der Waals surface area contributed by atoms with Gasteiger partial charge in [-0.1, -0.05) is 170 Å². The van der Waals surface area contributed by atoms with E-state index in [1.807, 2.05) is 0 Å². The Morgan fingerprint density at radius 3 is 1.82 bits per heavy atom. The van der Waals surface area contributed by atoms with E-state index < -0.39 is 0 Å². The topological polar surface area (TPSA) is 21.1 Å². The molecule has 264 valence electrons. The molecule has 2 unspecified atom stereocenters. The fourth-order valence-corrected chi connectivity index (χ4v) is 8.86. The number of para-hydroxylation sites is 2. The molecule has 0 spiro atoms. The highest BCUT2D eigenvalue weighted by atomic mass is 15.2. The molecular formula is C53H37N3. The van der Waals surface area contributed by atoms with Crippen LogP contribution in [0.15, 0.2) is 212 Å². The molecule has 56 heavy (non-hydrogen) atoms. The second-order valence-electron chi connectivity index (χ2n) is 14.8. The van der Waals surface area contributed by atoms with Crippen LogP contribution in [0.25, 0.3) is 66.6 Å². The number of hydrogen-bond acceptors (Lipinski definition) is 2. The molecule has 0 saturated carbocycles. The van der Waals surface area contributed by atoms with Gasteiger partial charge in [0, 0.05) is 33.6 Å². The molecule has 3 heterocycles. The molecule has 11 rings (SSSR count). The van der Waals surface area contributed by atoms with E-state index in [0.29, 0.717) is 0 Å². The van der Waals surface area contributed by atoms with Crippen LogP contribution < -0.4 is 4.90 Å². The maximum atomic E-state index is 5.40. The van der Waals surface area contributed by atoms with Gasteiger partial charge in [0.05, 0.1) is 22.8 Å². The molecular weight excluding hydrogens is 679 g/mol. The van der Waals surface area contributed by atoms with Crippen LogP contribution in [0.2, 0.25) is 0 Å². The SMILES string of the molecule is C1=CC2c3ccccc3N(c3cc(-c4ccccc4)cc(-c4ccccc4)n3)C2C=C1c1ccc2c3ccccc3n(-c3ccc(-c4ccccc4)cc3)c2c1. The van der Waals surface area contributed by atoms with Crippen molar-refractivity contribution in [3.05, 3.63) is 223 Å². The second kappa shape index (κ2) is 13.3. The molecule has 2 atom stereocenters. The first-order valence-corrected chi connectivity index (χ1v) is 19.4. The molecule has 3 heteroatoms. The molecule has 0 fully saturated rings. The summed E-state index contributed by atoms with van der Waals surface area (Å²) in [5, 5.41) is 2.51. The van der Waals surface area contributed by atoms with Crippen molar-refractivity contribution in [3.63, 3.8) is 0 Å². The van der Waals surface area contributed by atoms with Gasteiger partial charge in [0.1, 0.15) is 5.82 Å². The highest BCUT2D eigenvalue weighted by Gasteiger charge is 2.39. The maximum absolute atomic E-state index is 5.40. The monoisotopic (exact) mass is 715 g/mol. The lowest BCUT2D eigenvalue weighted by Crippen LogP contribution is -2.30. The van der Waals surface area contributed by atoms with E-state index in [1.54, 1.807) is 0 Å². The van der Waals surface area contributed by atoms with Gasteiger partial charge in [-0.25, -0.2) is 4.98 Å². The Hall–Kier alpha value is -7.23. The van der Waals surface area contributed by atoms with E-state index in [4.69, 9.17) is 4.98 Å². The van der Waals surface area contributed by atoms with E-state index in [0.717, 1.165) is 28.3 Å². The van der Waals surface area contributed by atoms with Crippen molar-refractivity contribution < 1.29 is 0 Å². The zero-order valence-electron chi connectivity index (χ0n) is 30.7. The summed E-state index contributed by atoms with van der Waals surface area (Å²) >= 11 is 0. The third-order valence-corrected chi connectivity index (χ3v) is 11.5. The number of hydrogen-bond donors (Lipinski definition) is 0. The van der Waals surface area contributed by atoms with Crippen molar-refractivity contribution >= 4 is 38.9 Å². The van der Waals surface area contributed by atoms with Gasteiger partial charge >= 0.3 is 0 Å². The lowest BCUT2D eigenvalue weighted by molar-refractivity contribution is 0.741. The summed E-state index contributed by atoms with van der Waals surface area (Å²) in [7, 11) is 0. The first-order valence-electron chi connectivity index (χ1n) is 19.4. The molecule has 0 bridgehead atoms. The zero-order chi connectivity index (χ0) is 37.0. The van der Waals surface area contributed by atoms with E-state index in [2.05, 4.69) is 222 Å². The van der Waals surface area contributed by atoms with E-state index in [9.17, 15) is 0 Å². The van der Waals surface area contributed by atoms with Crippen LogP contribution in [0.3, 0.4) is 0 Å². The van der Waals surface area contributed by atoms with Crippen LogP contribution in [0.5, 0.6) is 0 Å². The van der Waals surface area contributed by atoms with Crippen LogP contribution >= 0.6 is 0 Å². The van der Waals surface area contributed by atoms with Gasteiger partial charge in [-0.15, -0.1) is 0 Å². The number of nitrogens with zero attached hydrogens (tertiary/aromatic N) is 3. The normalized spacial score (nSPS) is 15.9. The molecule has 1 aliphatic heterocycles. The predicted octanol–water partition coefficient (Wildman–Crippen LogP) is 13.4. The van der Waals surface area contributed by atoms with Crippen LogP contribution in [0, 0.1) is 0 Å². The maximum Gasteiger partial charge on any atom is 0.134 e. The molecule has 9 aromatic rings. The van der Waals surface area contributed by atoms with Crippen LogP contribution in [-0.4, -0.2) is 15.6 Å². The van der Waals surface area contributed by atoms with Gasteiger partial charge in [-0.05, 0) is 81.4 Å². The quantitative estimate of drug-likeness (QED) is 0.171. The third-order valence-electron chi connectivity index (χ3n) is 11.5. The lowest BCUT2D eigenvalue weighted by Gasteiger charge is -2.30. The fourth-order valence-electron chi connectivity index (χ4n) is 8.86. The molecule has 1 aliphatic carbocycles. The molecule has 0 N–H and O–H groups in total. The summed E-state index contributed by atoms with van der Waals surface area (Å²) in [5.41, 5.74) is 15.3. The van der Waals surface area contributed by atoms with Crippen molar-refractivity contribution in [2.75, 3.05) is 4.90 Å². The van der Waals surface area contributed by atoms with E-state index in [-0.39, 0.29) is 12.0 Å². The average Bonchev–Trinajstić information content (AvgIpc) is 3.79. The standard InChI is InChI=1S/C53H37N3/c1-4-14-36(15-5-1)38-24-28-43(29-25-38)55-49-22-12-10-20-44(49)46-30-26-40(33-51(46)55)41-27-31-47-45-21-11-13-23-50(45)56(52(47)34-41)53-35-42(37-16-6-2-7-17-37)32-48(54-53)39-18-8-3-9-19-39/h1-35,47,52H. The summed E-state index contributed by atoms with van der Waals surface area (Å²) in [5.74, 6) is 1.15. The van der Waals surface area contributed by atoms with Gasteiger partial charge in [0.25, 0.3) is 0 Å². The van der Waals surface area contributed by atoms with Gasteiger partial charge in [0.15, 0.2) is 0 Å². The van der Waals surface area contributed by atoms with Gasteiger partial charge in [-0.3, -0.25) is 0 Å². The van der Waals surface area contributed by atoms with Gasteiger partial charge < -0.3 is 9.47 Å². The minimum Gasteiger partial charge on any atom is -0.318 e. The number of benzene rings is 7. The number of anilines is 2. The van der Waals surface area contributed by atoms with Crippen molar-refractivity contribution in [3.8, 4) is 39.2 Å². The molecule has 0 saturated heterocycles. The molecule has 7 aromatic carbocycles. The Morgan fingerprint density at radius 2 is 1.05 bits per heavy atom. The summed E-state index contributed by atoms with van der Waals surface area (Å²) in [6, 6.07) is 69.9. The largest absolute Gasteiger partial charge is 0.318 e. The number of rotatable bonds is 6. The average molecular weight is 716 g/mol. The Bertz CT molecular complexity index is 2900. The Kier molecular flexibility index (Phi) is 7.63. The Morgan fingerprint density at radius 1 is 0.446 bits per heavy atom. The van der Waals surface area contributed by atoms with Crippen molar-refractivity contribution in [1.29, 1.82) is 0 Å². The molecule has 2 aromatic heterocycles. The third kappa shape index (κ3) is 5.39. The minimum atomic E-state index is 0.0571. The lowest BCUT2D eigenvalue weighted by atomic mass is 9.86. The summed E-state index contributed by atoms with van der Waals surface area (Å²) in [4.78, 5) is 7.87. The second-order valence-corrected chi connectivity index (χ2v) is 14.8. The predicted molar refractivity (Wildman–Crippen MR) is 234 cm³/mol. The van der Waals surface area contributed by atoms with E-state index in [1.165, 1.54) is 60.9 Å². The molecule has 0 amide bonds. The minimum absolute atomic E-state index is 0.0571. The number of pyridine rings is 1. The van der Waals surface area contributed by atoms with Crippen molar-refractivity contribution in [1.82, 2.24) is 9.55 Å². The first kappa shape index (κ1) is 32.2. The Balaban J connectivity index is 1.04. The first-order chi connectivity index (χ1) is 27.8.